The molecule has 4 nitrogen and oxygen atoms in total. The van der Waals surface area contributed by atoms with Gasteiger partial charge in [0.1, 0.15) is 5.67 Å². The highest BCUT2D eigenvalue weighted by Gasteiger charge is 2.41. The average molecular weight is 180 g/mol. The molecule has 0 aliphatic heterocycles. The van der Waals surface area contributed by atoms with Gasteiger partial charge in [0.25, 0.3) is 0 Å². The van der Waals surface area contributed by atoms with E-state index in [9.17, 15) is 12.8 Å². The smallest absolute Gasteiger partial charge is 0.238 e. The Labute approximate surface area is 64.5 Å². The highest BCUT2D eigenvalue weighted by Crippen LogP contribution is 2.37. The van der Waals surface area contributed by atoms with Crippen LogP contribution in [0.2, 0.25) is 0 Å². The third kappa shape index (κ3) is 3.31. The normalized spacial score (nSPS) is 22.0. The number of hydrogen-bond donors (Lipinski definition) is 1. The summed E-state index contributed by atoms with van der Waals surface area (Å²) in [5.74, 6) is 0. The summed E-state index contributed by atoms with van der Waals surface area (Å²) in [6.07, 6.45) is 2.82. The number of nitrogens with zero attached hydrogens (tertiary/aromatic N) is 1. The van der Waals surface area contributed by atoms with Crippen LogP contribution in [0.3, 0.4) is 0 Å². The van der Waals surface area contributed by atoms with Crippen LogP contribution < -0.4 is 4.83 Å². The van der Waals surface area contributed by atoms with Crippen LogP contribution in [-0.4, -0.2) is 26.6 Å². The molecular weight excluding hydrogens is 171 g/mol. The number of halogens is 1. The largest absolute Gasteiger partial charge is 0.244 e. The van der Waals surface area contributed by atoms with Crippen molar-refractivity contribution in [2.24, 2.45) is 5.10 Å². The summed E-state index contributed by atoms with van der Waals surface area (Å²) in [5, 5.41) is 3.24. The minimum absolute atomic E-state index is 0.432. The lowest BCUT2D eigenvalue weighted by Gasteiger charge is -1.95. The summed E-state index contributed by atoms with van der Waals surface area (Å²) in [6, 6.07) is 0. The van der Waals surface area contributed by atoms with Gasteiger partial charge in [-0.25, -0.2) is 17.6 Å². The highest BCUT2D eigenvalue weighted by atomic mass is 32.2. The Balaban J connectivity index is 2.38. The Bertz CT molecular complexity index is 268. The van der Waals surface area contributed by atoms with Gasteiger partial charge in [-0.1, -0.05) is 0 Å². The van der Waals surface area contributed by atoms with Gasteiger partial charge in [-0.15, -0.1) is 0 Å². The predicted octanol–water partition coefficient (Wildman–Crippen LogP) is 0.0235. The second-order valence-corrected chi connectivity index (χ2v) is 4.38. The lowest BCUT2D eigenvalue weighted by molar-refractivity contribution is 0.412. The minimum Gasteiger partial charge on any atom is -0.238 e. The molecule has 0 aromatic carbocycles. The third-order valence-electron chi connectivity index (χ3n) is 1.24. The molecule has 64 valence electrons. The summed E-state index contributed by atoms with van der Waals surface area (Å²) in [5.41, 5.74) is -1.35. The molecule has 1 N–H and O–H groups in total. The number of sulfonamides is 1. The van der Waals surface area contributed by atoms with Crippen molar-refractivity contribution in [3.05, 3.63) is 0 Å². The van der Waals surface area contributed by atoms with Gasteiger partial charge in [0, 0.05) is 0 Å². The van der Waals surface area contributed by atoms with Crippen LogP contribution in [0.4, 0.5) is 4.39 Å². The SMILES string of the molecule is CS(=O)(=O)N/N=C/C1(F)CC1. The fourth-order valence-electron chi connectivity index (χ4n) is 0.486. The van der Waals surface area contributed by atoms with Gasteiger partial charge in [-0.05, 0) is 12.8 Å². The van der Waals surface area contributed by atoms with Crippen molar-refractivity contribution in [2.75, 3.05) is 6.26 Å². The topological polar surface area (TPSA) is 58.5 Å². The van der Waals surface area contributed by atoms with Crippen LogP contribution in [0.25, 0.3) is 0 Å². The number of hydrogen-bond acceptors (Lipinski definition) is 3. The van der Waals surface area contributed by atoms with E-state index in [-0.39, 0.29) is 0 Å². The van der Waals surface area contributed by atoms with Crippen molar-refractivity contribution in [3.8, 4) is 0 Å². The van der Waals surface area contributed by atoms with E-state index in [4.69, 9.17) is 0 Å². The number of hydrazone groups is 1. The Morgan fingerprint density at radius 1 is 1.64 bits per heavy atom. The minimum atomic E-state index is -3.33. The van der Waals surface area contributed by atoms with E-state index in [0.29, 0.717) is 12.8 Å². The number of alkyl halides is 1. The Morgan fingerprint density at radius 2 is 2.18 bits per heavy atom. The van der Waals surface area contributed by atoms with E-state index in [2.05, 4.69) is 5.10 Å². The summed E-state index contributed by atoms with van der Waals surface area (Å²) >= 11 is 0. The molecule has 0 bridgehead atoms. The van der Waals surface area contributed by atoms with Gasteiger partial charge < -0.3 is 0 Å². The monoisotopic (exact) mass is 180 g/mol. The summed E-state index contributed by atoms with van der Waals surface area (Å²) in [4.78, 5) is 1.82. The summed E-state index contributed by atoms with van der Waals surface area (Å²) < 4.78 is 33.5. The standard InChI is InChI=1S/C5H9FN2O2S/c1-11(9,10)8-7-4-5(6)2-3-5/h4,8H,2-3H2,1H3/b7-4+. The van der Waals surface area contributed by atoms with Gasteiger partial charge in [0.05, 0.1) is 12.5 Å². The lowest BCUT2D eigenvalue weighted by Crippen LogP contribution is -2.17. The molecule has 0 atom stereocenters. The quantitative estimate of drug-likeness (QED) is 0.492. The third-order valence-corrected chi connectivity index (χ3v) is 1.68. The molecule has 0 amide bonds. The van der Waals surface area contributed by atoms with Crippen molar-refractivity contribution < 1.29 is 12.8 Å². The van der Waals surface area contributed by atoms with Crippen LogP contribution in [-0.2, 0) is 10.0 Å². The molecule has 1 fully saturated rings. The zero-order valence-electron chi connectivity index (χ0n) is 6.04. The van der Waals surface area contributed by atoms with Crippen LogP contribution >= 0.6 is 0 Å². The molecule has 0 saturated heterocycles. The van der Waals surface area contributed by atoms with E-state index in [0.717, 1.165) is 12.5 Å². The molecule has 1 saturated carbocycles. The molecular formula is C5H9FN2O2S. The molecule has 1 aliphatic rings. The Hall–Kier alpha value is -0.650. The van der Waals surface area contributed by atoms with Crippen LogP contribution in [0.5, 0.6) is 0 Å². The van der Waals surface area contributed by atoms with Gasteiger partial charge in [0.2, 0.25) is 10.0 Å². The Morgan fingerprint density at radius 3 is 2.55 bits per heavy atom. The zero-order valence-corrected chi connectivity index (χ0v) is 6.86. The first kappa shape index (κ1) is 8.45. The highest BCUT2D eigenvalue weighted by molar-refractivity contribution is 7.88. The molecule has 0 aromatic rings. The molecule has 0 aromatic heterocycles. The van der Waals surface area contributed by atoms with Crippen molar-refractivity contribution >= 4 is 16.2 Å². The zero-order chi connectivity index (χ0) is 8.54. The molecule has 0 spiro atoms. The maximum atomic E-state index is 12.7. The maximum Gasteiger partial charge on any atom is 0.244 e. The van der Waals surface area contributed by atoms with E-state index >= 15 is 0 Å². The lowest BCUT2D eigenvalue weighted by atomic mass is 10.4. The van der Waals surface area contributed by atoms with Crippen molar-refractivity contribution in [1.82, 2.24) is 4.83 Å². The van der Waals surface area contributed by atoms with E-state index in [1.54, 1.807) is 0 Å². The fourth-order valence-corrected chi connectivity index (χ4v) is 0.730. The maximum absolute atomic E-state index is 12.7. The van der Waals surface area contributed by atoms with Crippen molar-refractivity contribution in [2.45, 2.75) is 18.5 Å². The van der Waals surface area contributed by atoms with E-state index in [1.807, 2.05) is 4.83 Å². The summed E-state index contributed by atoms with van der Waals surface area (Å²) in [7, 11) is -3.33. The van der Waals surface area contributed by atoms with E-state index in [1.165, 1.54) is 0 Å². The summed E-state index contributed by atoms with van der Waals surface area (Å²) in [6.45, 7) is 0. The number of nitrogens with one attached hydrogen (secondary N) is 1. The first-order valence-corrected chi connectivity index (χ1v) is 5.00. The predicted molar refractivity (Wildman–Crippen MR) is 39.5 cm³/mol. The molecule has 11 heavy (non-hydrogen) atoms. The Kier molecular flexibility index (Phi) is 1.87. The average Bonchev–Trinajstić information content (AvgIpc) is 2.44. The molecule has 1 aliphatic carbocycles. The fraction of sp³-hybridized carbons (Fsp3) is 0.800. The molecule has 0 radical (unpaired) electrons. The van der Waals surface area contributed by atoms with Crippen LogP contribution in [0.15, 0.2) is 5.10 Å². The van der Waals surface area contributed by atoms with Gasteiger partial charge in [-0.3, -0.25) is 0 Å². The first-order chi connectivity index (χ1) is 4.91. The molecule has 0 unspecified atom stereocenters. The van der Waals surface area contributed by atoms with E-state index < -0.39 is 15.7 Å². The second kappa shape index (κ2) is 2.44. The molecule has 6 heteroatoms. The van der Waals surface area contributed by atoms with Crippen LogP contribution in [0.1, 0.15) is 12.8 Å². The first-order valence-electron chi connectivity index (χ1n) is 3.11. The molecule has 0 heterocycles. The van der Waals surface area contributed by atoms with Crippen molar-refractivity contribution in [1.29, 1.82) is 0 Å². The van der Waals surface area contributed by atoms with Crippen LogP contribution in [0, 0.1) is 0 Å². The van der Waals surface area contributed by atoms with Gasteiger partial charge >= 0.3 is 0 Å². The van der Waals surface area contributed by atoms with Gasteiger partial charge in [-0.2, -0.15) is 5.10 Å². The molecule has 1 rings (SSSR count). The van der Waals surface area contributed by atoms with Crippen molar-refractivity contribution in [3.63, 3.8) is 0 Å². The second-order valence-electron chi connectivity index (χ2n) is 2.66. The van der Waals surface area contributed by atoms with Gasteiger partial charge in [0.15, 0.2) is 0 Å². The number of rotatable bonds is 3.